The second-order valence-corrected chi connectivity index (χ2v) is 8.14. The molecule has 0 bridgehead atoms. The largest absolute Gasteiger partial charge is 0.497 e. The van der Waals surface area contributed by atoms with E-state index in [0.717, 1.165) is 11.3 Å². The van der Waals surface area contributed by atoms with Crippen LogP contribution in [0.15, 0.2) is 47.6 Å². The average Bonchev–Trinajstić information content (AvgIpc) is 3.13. The van der Waals surface area contributed by atoms with Crippen LogP contribution in [0, 0.1) is 6.92 Å². The zero-order chi connectivity index (χ0) is 21.3. The number of nitrogens with zero attached hydrogens (tertiary/aromatic N) is 3. The first-order valence-corrected chi connectivity index (χ1v) is 10.4. The van der Waals surface area contributed by atoms with Crippen LogP contribution in [0.3, 0.4) is 0 Å². The van der Waals surface area contributed by atoms with E-state index in [0.29, 0.717) is 27.4 Å². The lowest BCUT2D eigenvalue weighted by atomic mass is 10.0. The number of aryl methyl sites for hydroxylation is 1. The molecule has 4 rings (SSSR count). The van der Waals surface area contributed by atoms with E-state index in [4.69, 9.17) is 21.1 Å². The molecule has 2 aromatic carbocycles. The molecular formula is C20H20ClN5O3S. The minimum Gasteiger partial charge on any atom is -0.497 e. The Balaban J connectivity index is 1.65. The van der Waals surface area contributed by atoms with E-state index < -0.39 is 5.25 Å². The van der Waals surface area contributed by atoms with E-state index in [9.17, 15) is 4.79 Å². The Morgan fingerprint density at radius 1 is 1.17 bits per heavy atom. The van der Waals surface area contributed by atoms with Crippen LogP contribution in [-0.2, 0) is 4.79 Å². The molecule has 1 aliphatic heterocycles. The van der Waals surface area contributed by atoms with Crippen LogP contribution in [0.2, 0.25) is 5.02 Å². The normalized spacial score (nSPS) is 17.6. The Hall–Kier alpha value is -2.91. The van der Waals surface area contributed by atoms with E-state index in [2.05, 4.69) is 20.9 Å². The van der Waals surface area contributed by atoms with Crippen molar-refractivity contribution in [1.82, 2.24) is 14.9 Å². The molecule has 0 spiro atoms. The van der Waals surface area contributed by atoms with Gasteiger partial charge in [0.1, 0.15) is 22.6 Å². The topological polar surface area (TPSA) is 90.3 Å². The molecular weight excluding hydrogens is 426 g/mol. The lowest BCUT2D eigenvalue weighted by molar-refractivity contribution is -0.116. The van der Waals surface area contributed by atoms with Gasteiger partial charge >= 0.3 is 0 Å². The number of halogens is 1. The molecule has 2 atom stereocenters. The second kappa shape index (κ2) is 8.45. The fraction of sp³-hybridized carbons (Fsp3) is 0.250. The smallest absolute Gasteiger partial charge is 0.240 e. The summed E-state index contributed by atoms with van der Waals surface area (Å²) in [6, 6.07) is 12.3. The quantitative estimate of drug-likeness (QED) is 0.619. The fourth-order valence-electron chi connectivity index (χ4n) is 3.17. The van der Waals surface area contributed by atoms with Gasteiger partial charge in [0.2, 0.25) is 11.1 Å². The molecule has 2 unspecified atom stereocenters. The van der Waals surface area contributed by atoms with Gasteiger partial charge in [0.15, 0.2) is 0 Å². The number of methoxy groups -OCH3 is 2. The van der Waals surface area contributed by atoms with E-state index in [1.54, 1.807) is 55.3 Å². The van der Waals surface area contributed by atoms with Gasteiger partial charge in [-0.1, -0.05) is 29.4 Å². The summed E-state index contributed by atoms with van der Waals surface area (Å²) in [5.74, 6) is 1.83. The monoisotopic (exact) mass is 445 g/mol. The van der Waals surface area contributed by atoms with Gasteiger partial charge in [0, 0.05) is 5.69 Å². The highest BCUT2D eigenvalue weighted by Crippen LogP contribution is 2.39. The fourth-order valence-corrected chi connectivity index (χ4v) is 4.57. The third-order valence-corrected chi connectivity index (χ3v) is 6.26. The highest BCUT2D eigenvalue weighted by atomic mass is 35.5. The summed E-state index contributed by atoms with van der Waals surface area (Å²) in [5, 5.41) is 11.8. The molecule has 0 saturated carbocycles. The molecule has 3 aromatic rings. The number of ether oxygens (including phenoxy) is 2. The minimum atomic E-state index is -0.507. The maximum Gasteiger partial charge on any atom is 0.240 e. The van der Waals surface area contributed by atoms with Crippen LogP contribution in [0.4, 0.5) is 5.69 Å². The predicted molar refractivity (Wildman–Crippen MR) is 116 cm³/mol. The van der Waals surface area contributed by atoms with Crippen LogP contribution in [-0.4, -0.2) is 40.3 Å². The summed E-state index contributed by atoms with van der Waals surface area (Å²) >= 11 is 7.69. The molecule has 1 amide bonds. The van der Waals surface area contributed by atoms with Crippen molar-refractivity contribution in [3.05, 3.63) is 58.9 Å². The average molecular weight is 446 g/mol. The summed E-state index contributed by atoms with van der Waals surface area (Å²) in [4.78, 5) is 13.2. The number of thioether (sulfide) groups is 1. The number of carbonyl (C=O) groups is 1. The third kappa shape index (κ3) is 3.90. The summed E-state index contributed by atoms with van der Waals surface area (Å²) in [5.41, 5.74) is 4.88. The first kappa shape index (κ1) is 20.4. The molecule has 0 fully saturated rings. The lowest BCUT2D eigenvalue weighted by Gasteiger charge is -2.33. The maximum atomic E-state index is 13.2. The number of benzene rings is 2. The van der Waals surface area contributed by atoms with Crippen LogP contribution in [0.1, 0.15) is 17.4 Å². The number of rotatable bonds is 5. The Morgan fingerprint density at radius 2 is 1.93 bits per heavy atom. The van der Waals surface area contributed by atoms with Crippen LogP contribution in [0.25, 0.3) is 0 Å². The van der Waals surface area contributed by atoms with Crippen LogP contribution >= 0.6 is 23.4 Å². The number of hydrogen-bond donors (Lipinski definition) is 2. The zero-order valence-electron chi connectivity index (χ0n) is 16.5. The number of amides is 1. The van der Waals surface area contributed by atoms with Crippen LogP contribution in [0.5, 0.6) is 11.5 Å². The number of nitrogens with one attached hydrogen (secondary N) is 2. The zero-order valence-corrected chi connectivity index (χ0v) is 18.1. The SMILES string of the molecule is COc1ccc(NC(=O)C2Sc3nnc(C)n3NC2c2ccc(OC)c(Cl)c2)cc1. The molecule has 156 valence electrons. The number of aromatic nitrogens is 3. The van der Waals surface area contributed by atoms with Gasteiger partial charge < -0.3 is 20.2 Å². The van der Waals surface area contributed by atoms with Gasteiger partial charge in [-0.25, -0.2) is 4.68 Å². The molecule has 2 heterocycles. The van der Waals surface area contributed by atoms with Gasteiger partial charge in [0.25, 0.3) is 0 Å². The maximum absolute atomic E-state index is 13.2. The molecule has 0 saturated heterocycles. The van der Waals surface area contributed by atoms with Crippen molar-refractivity contribution in [2.75, 3.05) is 25.0 Å². The van der Waals surface area contributed by atoms with Gasteiger partial charge in [-0.3, -0.25) is 4.79 Å². The molecule has 0 radical (unpaired) electrons. The predicted octanol–water partition coefficient (Wildman–Crippen LogP) is 3.65. The van der Waals surface area contributed by atoms with Crippen molar-refractivity contribution < 1.29 is 14.3 Å². The van der Waals surface area contributed by atoms with E-state index >= 15 is 0 Å². The van der Waals surface area contributed by atoms with Crippen molar-refractivity contribution >= 4 is 35.0 Å². The first-order chi connectivity index (χ1) is 14.5. The Labute approximate surface area is 182 Å². The molecule has 1 aliphatic rings. The first-order valence-electron chi connectivity index (χ1n) is 9.13. The van der Waals surface area contributed by atoms with Crippen molar-refractivity contribution in [2.45, 2.75) is 23.4 Å². The Kier molecular flexibility index (Phi) is 5.74. The highest BCUT2D eigenvalue weighted by Gasteiger charge is 2.37. The van der Waals surface area contributed by atoms with Crippen LogP contribution < -0.4 is 20.2 Å². The highest BCUT2D eigenvalue weighted by molar-refractivity contribution is 8.00. The molecule has 30 heavy (non-hydrogen) atoms. The summed E-state index contributed by atoms with van der Waals surface area (Å²) in [7, 11) is 3.16. The van der Waals surface area contributed by atoms with Gasteiger partial charge in [-0.2, -0.15) is 0 Å². The summed E-state index contributed by atoms with van der Waals surface area (Å²) in [6.45, 7) is 1.85. The van der Waals surface area contributed by atoms with Gasteiger partial charge in [-0.15, -0.1) is 10.2 Å². The van der Waals surface area contributed by atoms with E-state index in [-0.39, 0.29) is 11.9 Å². The van der Waals surface area contributed by atoms with Crippen molar-refractivity contribution in [3.8, 4) is 11.5 Å². The van der Waals surface area contributed by atoms with Gasteiger partial charge in [-0.05, 0) is 48.9 Å². The molecule has 8 nitrogen and oxygen atoms in total. The minimum absolute atomic E-state index is 0.165. The standard InChI is InChI=1S/C20H20ClN5O3S/c1-11-23-24-20-26(11)25-17(12-4-9-16(29-3)15(21)10-12)18(30-20)19(27)22-13-5-7-14(28-2)8-6-13/h4-10,17-18,25H,1-3H3,(H,22,27). The number of hydrogen-bond acceptors (Lipinski definition) is 7. The van der Waals surface area contributed by atoms with Crippen molar-refractivity contribution in [1.29, 1.82) is 0 Å². The molecule has 10 heteroatoms. The van der Waals surface area contributed by atoms with Crippen molar-refractivity contribution in [3.63, 3.8) is 0 Å². The van der Waals surface area contributed by atoms with Crippen molar-refractivity contribution in [2.24, 2.45) is 0 Å². The number of carbonyl (C=O) groups excluding carboxylic acids is 1. The number of fused-ring (bicyclic) bond motifs is 1. The molecule has 0 aliphatic carbocycles. The number of anilines is 1. The summed E-state index contributed by atoms with van der Waals surface area (Å²) in [6.07, 6.45) is 0. The Bertz CT molecular complexity index is 1070. The molecule has 2 N–H and O–H groups in total. The van der Waals surface area contributed by atoms with E-state index in [1.165, 1.54) is 11.8 Å². The van der Waals surface area contributed by atoms with E-state index in [1.807, 2.05) is 13.0 Å². The molecule has 1 aromatic heterocycles. The second-order valence-electron chi connectivity index (χ2n) is 6.62. The van der Waals surface area contributed by atoms with Gasteiger partial charge in [0.05, 0.1) is 25.3 Å². The third-order valence-electron chi connectivity index (χ3n) is 4.75. The lowest BCUT2D eigenvalue weighted by Crippen LogP contribution is -2.41. The summed E-state index contributed by atoms with van der Waals surface area (Å²) < 4.78 is 12.2. The Morgan fingerprint density at radius 3 is 2.60 bits per heavy atom.